The number of hydrogen-bond acceptors (Lipinski definition) is 1. The van der Waals surface area contributed by atoms with E-state index in [1.807, 2.05) is 39.0 Å². The van der Waals surface area contributed by atoms with Crippen molar-refractivity contribution in [2.24, 2.45) is 0 Å². The Balaban J connectivity index is 0.000000561. The Bertz CT molecular complexity index is 233. The normalized spacial score (nSPS) is 8.75. The highest BCUT2D eigenvalue weighted by Crippen LogP contribution is 2.16. The molecule has 0 saturated carbocycles. The fourth-order valence-electron chi connectivity index (χ4n) is 0.781. The molecule has 0 spiro atoms. The van der Waals surface area contributed by atoms with Gasteiger partial charge in [0.25, 0.3) is 0 Å². The minimum absolute atomic E-state index is 0.0130. The molecule has 1 aromatic rings. The van der Waals surface area contributed by atoms with Crippen molar-refractivity contribution in [3.05, 3.63) is 34.3 Å². The van der Waals surface area contributed by atoms with Crippen molar-refractivity contribution in [2.45, 2.75) is 27.4 Å². The predicted molar refractivity (Wildman–Crippen MR) is 53.5 cm³/mol. The molecule has 0 unspecified atom stereocenters. The van der Waals surface area contributed by atoms with Gasteiger partial charge >= 0.3 is 0 Å². The Kier molecular flexibility index (Phi) is 5.77. The molecule has 0 aromatic heterocycles. The van der Waals surface area contributed by atoms with Crippen LogP contribution in [0.4, 0.5) is 0 Å². The van der Waals surface area contributed by atoms with Gasteiger partial charge in [0.05, 0.1) is 6.61 Å². The van der Waals surface area contributed by atoms with Crippen LogP contribution in [0, 0.1) is 6.92 Å². The van der Waals surface area contributed by atoms with Gasteiger partial charge in [-0.2, -0.15) is 0 Å². The number of benzene rings is 1. The van der Waals surface area contributed by atoms with Gasteiger partial charge < -0.3 is 5.11 Å². The van der Waals surface area contributed by atoms with Crippen LogP contribution in [0.25, 0.3) is 0 Å². The number of rotatable bonds is 1. The van der Waals surface area contributed by atoms with Crippen LogP contribution in [0.3, 0.4) is 0 Å². The van der Waals surface area contributed by atoms with E-state index in [9.17, 15) is 0 Å². The Morgan fingerprint density at radius 1 is 1.33 bits per heavy atom. The summed E-state index contributed by atoms with van der Waals surface area (Å²) < 4.78 is 0. The summed E-state index contributed by atoms with van der Waals surface area (Å²) in [6, 6.07) is 5.60. The first-order valence-electron chi connectivity index (χ1n) is 4.10. The van der Waals surface area contributed by atoms with E-state index >= 15 is 0 Å². The van der Waals surface area contributed by atoms with Crippen molar-refractivity contribution in [3.63, 3.8) is 0 Å². The lowest BCUT2D eigenvalue weighted by Crippen LogP contribution is -1.84. The first-order chi connectivity index (χ1) is 5.74. The van der Waals surface area contributed by atoms with E-state index in [-0.39, 0.29) is 6.61 Å². The summed E-state index contributed by atoms with van der Waals surface area (Å²) in [5.74, 6) is 0. The standard InChI is InChI=1S/C8H9ClO.C2H6/c1-6-2-3-7(5-10)8(9)4-6;1-2/h2-4,10H,5H2,1H3;1-2H3. The Labute approximate surface area is 79.0 Å². The molecule has 1 N–H and O–H groups in total. The maximum Gasteiger partial charge on any atom is 0.0696 e. The van der Waals surface area contributed by atoms with Crippen LogP contribution < -0.4 is 0 Å². The highest BCUT2D eigenvalue weighted by molar-refractivity contribution is 6.31. The van der Waals surface area contributed by atoms with E-state index in [0.29, 0.717) is 5.02 Å². The highest BCUT2D eigenvalue weighted by atomic mass is 35.5. The van der Waals surface area contributed by atoms with Crippen molar-refractivity contribution in [1.82, 2.24) is 0 Å². The number of aryl methyl sites for hydroxylation is 1. The van der Waals surface area contributed by atoms with Crippen LogP contribution in [0.1, 0.15) is 25.0 Å². The third kappa shape index (κ3) is 3.24. The maximum atomic E-state index is 8.72. The van der Waals surface area contributed by atoms with E-state index in [1.54, 1.807) is 0 Å². The van der Waals surface area contributed by atoms with Gasteiger partial charge in [0.15, 0.2) is 0 Å². The molecule has 0 atom stereocenters. The van der Waals surface area contributed by atoms with Crippen LogP contribution >= 0.6 is 11.6 Å². The molecule has 0 aliphatic heterocycles. The first-order valence-corrected chi connectivity index (χ1v) is 4.47. The fourth-order valence-corrected chi connectivity index (χ4v) is 1.08. The average Bonchev–Trinajstić information content (AvgIpc) is 2.08. The summed E-state index contributed by atoms with van der Waals surface area (Å²) in [4.78, 5) is 0. The number of aliphatic hydroxyl groups is 1. The quantitative estimate of drug-likeness (QED) is 0.715. The second-order valence-electron chi connectivity index (χ2n) is 2.25. The van der Waals surface area contributed by atoms with Gasteiger partial charge in [-0.1, -0.05) is 37.6 Å². The lowest BCUT2D eigenvalue weighted by molar-refractivity contribution is 0.282. The van der Waals surface area contributed by atoms with Crippen LogP contribution in [0.5, 0.6) is 0 Å². The summed E-state index contributed by atoms with van der Waals surface area (Å²) in [7, 11) is 0. The highest BCUT2D eigenvalue weighted by Gasteiger charge is 1.96. The molecule has 1 aromatic carbocycles. The van der Waals surface area contributed by atoms with Gasteiger partial charge in [0.2, 0.25) is 0 Å². The molecule has 0 bridgehead atoms. The number of aliphatic hydroxyl groups excluding tert-OH is 1. The molecule has 12 heavy (non-hydrogen) atoms. The molecular formula is C10H15ClO. The zero-order valence-corrected chi connectivity index (χ0v) is 8.52. The third-order valence-electron chi connectivity index (χ3n) is 1.38. The summed E-state index contributed by atoms with van der Waals surface area (Å²) in [6.07, 6.45) is 0. The van der Waals surface area contributed by atoms with Gasteiger partial charge in [-0.25, -0.2) is 0 Å². The van der Waals surface area contributed by atoms with Crippen molar-refractivity contribution >= 4 is 11.6 Å². The Morgan fingerprint density at radius 3 is 2.33 bits per heavy atom. The molecule has 0 fully saturated rings. The van der Waals surface area contributed by atoms with Gasteiger partial charge in [-0.3, -0.25) is 0 Å². The second-order valence-corrected chi connectivity index (χ2v) is 2.66. The number of hydrogen-bond donors (Lipinski definition) is 1. The molecular weight excluding hydrogens is 172 g/mol. The molecule has 0 aliphatic carbocycles. The van der Waals surface area contributed by atoms with Crippen LogP contribution in [0.15, 0.2) is 18.2 Å². The zero-order chi connectivity index (χ0) is 9.56. The summed E-state index contributed by atoms with van der Waals surface area (Å²) in [5.41, 5.74) is 1.90. The lowest BCUT2D eigenvalue weighted by atomic mass is 10.2. The summed E-state index contributed by atoms with van der Waals surface area (Å²) >= 11 is 5.77. The van der Waals surface area contributed by atoms with Crippen LogP contribution in [0.2, 0.25) is 5.02 Å². The monoisotopic (exact) mass is 186 g/mol. The van der Waals surface area contributed by atoms with Gasteiger partial charge in [0, 0.05) is 5.02 Å². The fraction of sp³-hybridized carbons (Fsp3) is 0.400. The van der Waals surface area contributed by atoms with Crippen molar-refractivity contribution in [2.75, 3.05) is 0 Å². The second kappa shape index (κ2) is 6.04. The molecule has 0 radical (unpaired) electrons. The van der Waals surface area contributed by atoms with E-state index < -0.39 is 0 Å². The molecule has 1 nitrogen and oxygen atoms in total. The SMILES string of the molecule is CC.Cc1ccc(CO)c(Cl)c1. The molecule has 0 amide bonds. The van der Waals surface area contributed by atoms with E-state index in [0.717, 1.165) is 11.1 Å². The molecule has 2 heteroatoms. The average molecular weight is 187 g/mol. The van der Waals surface area contributed by atoms with E-state index in [1.165, 1.54) is 0 Å². The number of halogens is 1. The maximum absolute atomic E-state index is 8.72. The first kappa shape index (κ1) is 11.5. The van der Waals surface area contributed by atoms with Crippen LogP contribution in [-0.2, 0) is 6.61 Å². The van der Waals surface area contributed by atoms with E-state index in [4.69, 9.17) is 16.7 Å². The topological polar surface area (TPSA) is 20.2 Å². The molecule has 0 aliphatic rings. The molecule has 1 rings (SSSR count). The molecule has 0 heterocycles. The summed E-state index contributed by atoms with van der Waals surface area (Å²) in [5, 5.41) is 9.37. The van der Waals surface area contributed by atoms with Gasteiger partial charge in [-0.15, -0.1) is 0 Å². The van der Waals surface area contributed by atoms with Crippen molar-refractivity contribution < 1.29 is 5.11 Å². The van der Waals surface area contributed by atoms with Crippen LogP contribution in [-0.4, -0.2) is 5.11 Å². The Hall–Kier alpha value is -0.530. The van der Waals surface area contributed by atoms with E-state index in [2.05, 4.69) is 0 Å². The largest absolute Gasteiger partial charge is 0.392 e. The Morgan fingerprint density at radius 2 is 1.92 bits per heavy atom. The lowest BCUT2D eigenvalue weighted by Gasteiger charge is -1.99. The van der Waals surface area contributed by atoms with Crippen molar-refractivity contribution in [3.8, 4) is 0 Å². The minimum Gasteiger partial charge on any atom is -0.392 e. The zero-order valence-electron chi connectivity index (χ0n) is 7.76. The molecule has 68 valence electrons. The van der Waals surface area contributed by atoms with Gasteiger partial charge in [-0.05, 0) is 24.1 Å². The minimum atomic E-state index is 0.0130. The van der Waals surface area contributed by atoms with Crippen molar-refractivity contribution in [1.29, 1.82) is 0 Å². The smallest absolute Gasteiger partial charge is 0.0696 e. The third-order valence-corrected chi connectivity index (χ3v) is 1.73. The molecule has 0 saturated heterocycles. The van der Waals surface area contributed by atoms with Gasteiger partial charge in [0.1, 0.15) is 0 Å². The predicted octanol–water partition coefficient (Wildman–Crippen LogP) is 3.17. The summed E-state index contributed by atoms with van der Waals surface area (Å²) in [6.45, 7) is 5.98.